The van der Waals surface area contributed by atoms with Crippen LogP contribution in [0.15, 0.2) is 24.3 Å². The second kappa shape index (κ2) is 6.88. The van der Waals surface area contributed by atoms with E-state index >= 15 is 0 Å². The molecule has 0 saturated heterocycles. The van der Waals surface area contributed by atoms with Crippen LogP contribution in [0.2, 0.25) is 0 Å². The first-order valence-corrected chi connectivity index (χ1v) is 6.74. The van der Waals surface area contributed by atoms with E-state index in [1.165, 1.54) is 18.2 Å². The molecule has 1 saturated carbocycles. The Bertz CT molecular complexity index is 489. The number of rotatable bonds is 6. The third-order valence-corrected chi connectivity index (χ3v) is 2.96. The molecule has 0 bridgehead atoms. The Balaban J connectivity index is 1.59. The highest BCUT2D eigenvalue weighted by Crippen LogP contribution is 2.18. The topological polar surface area (TPSA) is 70.2 Å². The van der Waals surface area contributed by atoms with Crippen molar-refractivity contribution in [2.75, 3.05) is 13.1 Å². The number of carbonyl (C=O) groups excluding carboxylic acids is 2. The standard InChI is InChI=1S/C14H18FN3O2/c15-12-5-2-1-4-11(12)13(19)16-8-3-9-17-14(20)18-10-6-7-10/h1-2,4-5,10H,3,6-9H2,(H,16,19)(H2,17,18,20). The highest BCUT2D eigenvalue weighted by molar-refractivity contribution is 5.94. The molecular formula is C14H18FN3O2. The van der Waals surface area contributed by atoms with E-state index in [2.05, 4.69) is 16.0 Å². The maximum Gasteiger partial charge on any atom is 0.315 e. The summed E-state index contributed by atoms with van der Waals surface area (Å²) >= 11 is 0. The zero-order chi connectivity index (χ0) is 14.4. The summed E-state index contributed by atoms with van der Waals surface area (Å²) in [6, 6.07) is 5.99. The number of nitrogens with one attached hydrogen (secondary N) is 3. The first-order valence-electron chi connectivity index (χ1n) is 6.74. The van der Waals surface area contributed by atoms with Crippen LogP contribution in [0.1, 0.15) is 29.6 Å². The van der Waals surface area contributed by atoms with E-state index in [-0.39, 0.29) is 11.6 Å². The zero-order valence-corrected chi connectivity index (χ0v) is 11.1. The predicted octanol–water partition coefficient (Wildman–Crippen LogP) is 1.41. The quantitative estimate of drug-likeness (QED) is 0.689. The Morgan fingerprint density at radius 3 is 2.55 bits per heavy atom. The van der Waals surface area contributed by atoms with Gasteiger partial charge in [-0.05, 0) is 31.4 Å². The van der Waals surface area contributed by atoms with E-state index < -0.39 is 11.7 Å². The molecule has 0 atom stereocenters. The fraction of sp³-hybridized carbons (Fsp3) is 0.429. The second-order valence-electron chi connectivity index (χ2n) is 4.76. The third-order valence-electron chi connectivity index (χ3n) is 2.96. The molecule has 1 aromatic rings. The summed E-state index contributed by atoms with van der Waals surface area (Å²) in [5.74, 6) is -0.975. The Kier molecular flexibility index (Phi) is 4.92. The first-order chi connectivity index (χ1) is 9.66. The molecule has 3 N–H and O–H groups in total. The molecule has 6 heteroatoms. The molecule has 5 nitrogen and oxygen atoms in total. The molecule has 0 radical (unpaired) electrons. The van der Waals surface area contributed by atoms with E-state index in [0.29, 0.717) is 25.6 Å². The second-order valence-corrected chi connectivity index (χ2v) is 4.76. The van der Waals surface area contributed by atoms with Gasteiger partial charge in [0.15, 0.2) is 0 Å². The van der Waals surface area contributed by atoms with Crippen LogP contribution in [-0.2, 0) is 0 Å². The fourth-order valence-electron chi connectivity index (χ4n) is 1.70. The third kappa shape index (κ3) is 4.53. The van der Waals surface area contributed by atoms with Crippen molar-refractivity contribution in [3.05, 3.63) is 35.6 Å². The number of halogens is 1. The normalized spacial score (nSPS) is 13.7. The highest BCUT2D eigenvalue weighted by Gasteiger charge is 2.22. The van der Waals surface area contributed by atoms with Gasteiger partial charge in [-0.3, -0.25) is 4.79 Å². The number of benzene rings is 1. The van der Waals surface area contributed by atoms with Crippen LogP contribution in [0, 0.1) is 5.82 Å². The Hall–Kier alpha value is -2.11. The zero-order valence-electron chi connectivity index (χ0n) is 11.1. The molecule has 0 spiro atoms. The van der Waals surface area contributed by atoms with Gasteiger partial charge in [0.2, 0.25) is 0 Å². The lowest BCUT2D eigenvalue weighted by Crippen LogP contribution is -2.38. The molecule has 3 amide bonds. The first kappa shape index (κ1) is 14.3. The maximum absolute atomic E-state index is 13.3. The molecule has 0 aromatic heterocycles. The SMILES string of the molecule is O=C(NCCCNC(=O)c1ccccc1F)NC1CC1. The highest BCUT2D eigenvalue weighted by atomic mass is 19.1. The molecule has 0 heterocycles. The summed E-state index contributed by atoms with van der Waals surface area (Å²) in [4.78, 5) is 23.0. The van der Waals surface area contributed by atoms with Crippen molar-refractivity contribution in [1.29, 1.82) is 0 Å². The summed E-state index contributed by atoms with van der Waals surface area (Å²) in [7, 11) is 0. The van der Waals surface area contributed by atoms with Crippen LogP contribution in [0.25, 0.3) is 0 Å². The molecule has 1 aromatic carbocycles. The summed E-state index contributed by atoms with van der Waals surface area (Å²) < 4.78 is 13.3. The lowest BCUT2D eigenvalue weighted by Gasteiger charge is -2.08. The molecule has 0 aliphatic heterocycles. The summed E-state index contributed by atoms with van der Waals surface area (Å²) in [6.07, 6.45) is 2.69. The van der Waals surface area contributed by atoms with Gasteiger partial charge >= 0.3 is 6.03 Å². The van der Waals surface area contributed by atoms with Crippen LogP contribution in [0.3, 0.4) is 0 Å². The fourth-order valence-corrected chi connectivity index (χ4v) is 1.70. The smallest absolute Gasteiger partial charge is 0.315 e. The Morgan fingerprint density at radius 1 is 1.15 bits per heavy atom. The number of hydrogen-bond acceptors (Lipinski definition) is 2. The van der Waals surface area contributed by atoms with E-state index in [1.807, 2.05) is 0 Å². The van der Waals surface area contributed by atoms with Crippen molar-refractivity contribution in [3.63, 3.8) is 0 Å². The Labute approximate surface area is 116 Å². The van der Waals surface area contributed by atoms with E-state index in [9.17, 15) is 14.0 Å². The van der Waals surface area contributed by atoms with Crippen molar-refractivity contribution in [3.8, 4) is 0 Å². The number of carbonyl (C=O) groups is 2. The molecule has 2 rings (SSSR count). The number of amides is 3. The van der Waals surface area contributed by atoms with Crippen LogP contribution < -0.4 is 16.0 Å². The van der Waals surface area contributed by atoms with Crippen LogP contribution in [0.4, 0.5) is 9.18 Å². The van der Waals surface area contributed by atoms with Crippen molar-refractivity contribution < 1.29 is 14.0 Å². The number of hydrogen-bond donors (Lipinski definition) is 3. The van der Waals surface area contributed by atoms with E-state index in [4.69, 9.17) is 0 Å². The van der Waals surface area contributed by atoms with Crippen molar-refractivity contribution in [2.24, 2.45) is 0 Å². The molecule has 1 aliphatic rings. The van der Waals surface area contributed by atoms with Crippen LogP contribution in [0.5, 0.6) is 0 Å². The van der Waals surface area contributed by atoms with Gasteiger partial charge < -0.3 is 16.0 Å². The number of urea groups is 1. The van der Waals surface area contributed by atoms with Gasteiger partial charge in [-0.1, -0.05) is 12.1 Å². The lowest BCUT2D eigenvalue weighted by molar-refractivity contribution is 0.0949. The van der Waals surface area contributed by atoms with Gasteiger partial charge in [-0.25, -0.2) is 9.18 Å². The van der Waals surface area contributed by atoms with Crippen LogP contribution in [-0.4, -0.2) is 31.1 Å². The monoisotopic (exact) mass is 279 g/mol. The molecule has 1 fully saturated rings. The lowest BCUT2D eigenvalue weighted by atomic mass is 10.2. The van der Waals surface area contributed by atoms with Gasteiger partial charge in [0.05, 0.1) is 5.56 Å². The molecule has 0 unspecified atom stereocenters. The van der Waals surface area contributed by atoms with Gasteiger partial charge in [-0.2, -0.15) is 0 Å². The van der Waals surface area contributed by atoms with Gasteiger partial charge in [0.25, 0.3) is 5.91 Å². The minimum Gasteiger partial charge on any atom is -0.352 e. The molecule has 1 aliphatic carbocycles. The van der Waals surface area contributed by atoms with Crippen LogP contribution >= 0.6 is 0 Å². The van der Waals surface area contributed by atoms with Gasteiger partial charge in [-0.15, -0.1) is 0 Å². The van der Waals surface area contributed by atoms with Crippen molar-refractivity contribution in [2.45, 2.75) is 25.3 Å². The summed E-state index contributed by atoms with van der Waals surface area (Å²) in [5.41, 5.74) is 0.0342. The molecule has 108 valence electrons. The average molecular weight is 279 g/mol. The average Bonchev–Trinajstić information content (AvgIpc) is 3.22. The molecule has 20 heavy (non-hydrogen) atoms. The van der Waals surface area contributed by atoms with E-state index in [0.717, 1.165) is 12.8 Å². The van der Waals surface area contributed by atoms with Crippen molar-refractivity contribution >= 4 is 11.9 Å². The summed E-state index contributed by atoms with van der Waals surface area (Å²) in [6.45, 7) is 0.854. The molecular weight excluding hydrogens is 261 g/mol. The minimum absolute atomic E-state index is 0.0342. The maximum atomic E-state index is 13.3. The predicted molar refractivity (Wildman–Crippen MR) is 72.9 cm³/mol. The largest absolute Gasteiger partial charge is 0.352 e. The van der Waals surface area contributed by atoms with Gasteiger partial charge in [0, 0.05) is 19.1 Å². The van der Waals surface area contributed by atoms with Gasteiger partial charge in [0.1, 0.15) is 5.82 Å². The van der Waals surface area contributed by atoms with Crippen molar-refractivity contribution in [1.82, 2.24) is 16.0 Å². The Morgan fingerprint density at radius 2 is 1.85 bits per heavy atom. The minimum atomic E-state index is -0.535. The summed E-state index contributed by atoms with van der Waals surface area (Å²) in [5, 5.41) is 8.12. The van der Waals surface area contributed by atoms with E-state index in [1.54, 1.807) is 6.07 Å².